The summed E-state index contributed by atoms with van der Waals surface area (Å²) < 4.78 is 15.3. The predicted molar refractivity (Wildman–Crippen MR) is 183 cm³/mol. The Kier molecular flexibility index (Phi) is 16.3. The first kappa shape index (κ1) is 38.7. The summed E-state index contributed by atoms with van der Waals surface area (Å²) in [7, 11) is 0. The molecule has 0 aliphatic heterocycles. The molecule has 0 saturated carbocycles. The number of aliphatic imine (C=N–C) groups is 3. The molecule has 0 aliphatic carbocycles. The molecule has 49 heavy (non-hydrogen) atoms. The SMILES string of the molecule is [Co+3].[O-]c1ccc(Cl)cc1C=NCc1ccco1.[O-]c1ccc(Cl)cc1C=NCc1ccco1.[O-]c1ccc(Cl)cc1C=NCc1ccco1. The third-order valence-corrected chi connectivity index (χ3v) is 6.79. The first-order valence-electron chi connectivity index (χ1n) is 14.2. The fourth-order valence-electron chi connectivity index (χ4n) is 3.77. The molecular formula is C36H27Cl3CoN3O6. The molecule has 0 fully saturated rings. The molecule has 0 saturated heterocycles. The van der Waals surface area contributed by atoms with E-state index in [9.17, 15) is 15.3 Å². The minimum atomic E-state index is -0.0902. The Balaban J connectivity index is 0.000000197. The third-order valence-electron chi connectivity index (χ3n) is 6.09. The van der Waals surface area contributed by atoms with Crippen molar-refractivity contribution in [2.45, 2.75) is 19.6 Å². The zero-order chi connectivity index (χ0) is 34.1. The van der Waals surface area contributed by atoms with E-state index in [1.165, 1.54) is 36.8 Å². The second-order valence-corrected chi connectivity index (χ2v) is 11.0. The largest absolute Gasteiger partial charge is 3.00 e. The first-order chi connectivity index (χ1) is 23.3. The number of furan rings is 3. The fourth-order valence-corrected chi connectivity index (χ4v) is 4.31. The van der Waals surface area contributed by atoms with Crippen LogP contribution < -0.4 is 15.3 Å². The zero-order valence-electron chi connectivity index (χ0n) is 25.5. The number of hydrogen-bond donors (Lipinski definition) is 0. The number of benzene rings is 3. The molecule has 252 valence electrons. The molecule has 0 unspecified atom stereocenters. The summed E-state index contributed by atoms with van der Waals surface area (Å²) >= 11 is 17.3. The molecule has 3 aromatic carbocycles. The van der Waals surface area contributed by atoms with Gasteiger partial charge in [-0.1, -0.05) is 70.3 Å². The Labute approximate surface area is 308 Å². The molecule has 13 heteroatoms. The Morgan fingerprint density at radius 1 is 0.469 bits per heavy atom. The number of halogens is 3. The minimum absolute atomic E-state index is 0. The van der Waals surface area contributed by atoms with E-state index < -0.39 is 0 Å². The van der Waals surface area contributed by atoms with Gasteiger partial charge < -0.3 is 28.6 Å². The van der Waals surface area contributed by atoms with E-state index in [1.807, 2.05) is 18.2 Å². The fraction of sp³-hybridized carbons (Fsp3) is 0.0833. The summed E-state index contributed by atoms with van der Waals surface area (Å²) in [5.41, 5.74) is 1.46. The van der Waals surface area contributed by atoms with Crippen LogP contribution in [-0.4, -0.2) is 18.6 Å². The Morgan fingerprint density at radius 3 is 1.00 bits per heavy atom. The van der Waals surface area contributed by atoms with Crippen molar-refractivity contribution in [3.63, 3.8) is 0 Å². The van der Waals surface area contributed by atoms with E-state index in [2.05, 4.69) is 15.0 Å². The van der Waals surface area contributed by atoms with Gasteiger partial charge in [-0.05, 0) is 89.5 Å². The van der Waals surface area contributed by atoms with Gasteiger partial charge in [-0.2, -0.15) is 0 Å². The van der Waals surface area contributed by atoms with Crippen molar-refractivity contribution in [3.05, 3.63) is 159 Å². The average molecular weight is 763 g/mol. The Hall–Kier alpha value is -4.71. The van der Waals surface area contributed by atoms with Crippen molar-refractivity contribution in [2.24, 2.45) is 15.0 Å². The van der Waals surface area contributed by atoms with Gasteiger partial charge in [-0.25, -0.2) is 0 Å². The van der Waals surface area contributed by atoms with E-state index in [-0.39, 0.29) is 34.0 Å². The minimum Gasteiger partial charge on any atom is -0.872 e. The van der Waals surface area contributed by atoms with Crippen molar-refractivity contribution in [3.8, 4) is 17.2 Å². The molecular weight excluding hydrogens is 736 g/mol. The summed E-state index contributed by atoms with van der Waals surface area (Å²) in [4.78, 5) is 12.3. The zero-order valence-corrected chi connectivity index (χ0v) is 28.8. The molecule has 0 aliphatic rings. The van der Waals surface area contributed by atoms with Crippen molar-refractivity contribution in [2.75, 3.05) is 0 Å². The molecule has 6 rings (SSSR count). The van der Waals surface area contributed by atoms with Crippen LogP contribution in [0.2, 0.25) is 15.1 Å². The topological polar surface area (TPSA) is 146 Å². The number of rotatable bonds is 9. The van der Waals surface area contributed by atoms with Crippen molar-refractivity contribution < 1.29 is 45.3 Å². The summed E-state index contributed by atoms with van der Waals surface area (Å²) in [5, 5.41) is 35.8. The van der Waals surface area contributed by atoms with Gasteiger partial charge in [0.1, 0.15) is 17.3 Å². The van der Waals surface area contributed by atoms with E-state index in [1.54, 1.807) is 73.4 Å². The Bertz CT molecular complexity index is 1710. The van der Waals surface area contributed by atoms with Gasteiger partial charge in [0.15, 0.2) is 0 Å². The monoisotopic (exact) mass is 761 g/mol. The van der Waals surface area contributed by atoms with Crippen LogP contribution >= 0.6 is 34.8 Å². The molecule has 0 N–H and O–H groups in total. The Morgan fingerprint density at radius 2 is 0.755 bits per heavy atom. The second kappa shape index (κ2) is 20.6. The van der Waals surface area contributed by atoms with Crippen LogP contribution in [0.25, 0.3) is 0 Å². The van der Waals surface area contributed by atoms with E-state index in [4.69, 9.17) is 48.1 Å². The maximum atomic E-state index is 11.4. The van der Waals surface area contributed by atoms with Gasteiger partial charge in [0, 0.05) is 33.7 Å². The molecule has 0 bridgehead atoms. The molecule has 0 spiro atoms. The molecule has 0 radical (unpaired) electrons. The van der Waals surface area contributed by atoms with Crippen LogP contribution in [0.4, 0.5) is 0 Å². The van der Waals surface area contributed by atoms with Crippen molar-refractivity contribution in [1.29, 1.82) is 0 Å². The van der Waals surface area contributed by atoms with Crippen molar-refractivity contribution >= 4 is 53.4 Å². The third kappa shape index (κ3) is 13.7. The predicted octanol–water partition coefficient (Wildman–Crippen LogP) is 7.87. The maximum absolute atomic E-state index is 11.4. The smallest absolute Gasteiger partial charge is 0.872 e. The van der Waals surface area contributed by atoms with Crippen molar-refractivity contribution in [1.82, 2.24) is 0 Å². The summed E-state index contributed by atoms with van der Waals surface area (Å²) in [6.45, 7) is 1.25. The van der Waals surface area contributed by atoms with Gasteiger partial charge in [-0.15, -0.1) is 0 Å². The molecule has 0 amide bonds. The van der Waals surface area contributed by atoms with E-state index >= 15 is 0 Å². The molecule has 0 atom stereocenters. The number of hydrogen-bond acceptors (Lipinski definition) is 9. The average Bonchev–Trinajstić information content (AvgIpc) is 3.88. The normalized spacial score (nSPS) is 10.8. The van der Waals surface area contributed by atoms with Gasteiger partial charge in [-0.3, -0.25) is 15.0 Å². The van der Waals surface area contributed by atoms with Crippen LogP contribution in [0, 0.1) is 0 Å². The summed E-state index contributed by atoms with van der Waals surface area (Å²) in [6.07, 6.45) is 9.29. The quantitative estimate of drug-likeness (QED) is 0.137. The number of nitrogens with zero attached hydrogens (tertiary/aromatic N) is 3. The van der Waals surface area contributed by atoms with Crippen LogP contribution in [0.1, 0.15) is 34.0 Å². The second-order valence-electron chi connectivity index (χ2n) is 9.69. The summed E-state index contributed by atoms with van der Waals surface area (Å²) in [6, 6.07) is 24.6. The van der Waals surface area contributed by atoms with Crippen LogP contribution in [0.3, 0.4) is 0 Å². The molecule has 3 heterocycles. The molecule has 6 aromatic rings. The van der Waals surface area contributed by atoms with Gasteiger partial charge in [0.05, 0.1) is 38.4 Å². The van der Waals surface area contributed by atoms with Crippen LogP contribution in [0.15, 0.2) is 138 Å². The van der Waals surface area contributed by atoms with E-state index in [0.29, 0.717) is 51.4 Å². The van der Waals surface area contributed by atoms with Crippen LogP contribution in [-0.2, 0) is 36.4 Å². The van der Waals surface area contributed by atoms with E-state index in [0.717, 1.165) is 17.3 Å². The standard InChI is InChI=1S/3C12H10ClNO2.Co/c3*13-10-3-4-12(15)9(6-10)7-14-8-11-2-1-5-16-11;/h3*1-7,15H,8H2;/q;;;+3/p-3. The molecule has 3 aromatic heterocycles. The van der Waals surface area contributed by atoms with Gasteiger partial charge in [0.25, 0.3) is 0 Å². The first-order valence-corrected chi connectivity index (χ1v) is 15.4. The summed E-state index contributed by atoms with van der Waals surface area (Å²) in [5.74, 6) is 2.00. The molecule has 9 nitrogen and oxygen atoms in total. The van der Waals surface area contributed by atoms with Crippen LogP contribution in [0.5, 0.6) is 17.2 Å². The van der Waals surface area contributed by atoms with Gasteiger partial charge >= 0.3 is 16.8 Å². The maximum Gasteiger partial charge on any atom is 3.00 e. The van der Waals surface area contributed by atoms with Gasteiger partial charge in [0.2, 0.25) is 0 Å².